The fourth-order valence-electron chi connectivity index (χ4n) is 1.64. The molecule has 0 aliphatic carbocycles. The van der Waals surface area contributed by atoms with E-state index in [-0.39, 0.29) is 11.5 Å². The summed E-state index contributed by atoms with van der Waals surface area (Å²) in [5.41, 5.74) is -0.828. The SMILES string of the molecule is CCC(CC)(CO)NS(=O)(=O)c1ccc(Cl)c(Br)c1. The maximum Gasteiger partial charge on any atom is 0.241 e. The van der Waals surface area contributed by atoms with Crippen molar-refractivity contribution >= 4 is 37.6 Å². The number of rotatable bonds is 6. The minimum Gasteiger partial charge on any atom is -0.394 e. The number of aliphatic hydroxyl groups is 1. The number of sulfonamides is 1. The van der Waals surface area contributed by atoms with Gasteiger partial charge in [0.25, 0.3) is 0 Å². The molecule has 0 fully saturated rings. The van der Waals surface area contributed by atoms with Crippen LogP contribution in [0.2, 0.25) is 5.02 Å². The zero-order valence-electron chi connectivity index (χ0n) is 10.8. The molecule has 0 saturated carbocycles. The number of benzene rings is 1. The number of halogens is 2. The van der Waals surface area contributed by atoms with Gasteiger partial charge in [0.1, 0.15) is 0 Å². The van der Waals surface area contributed by atoms with E-state index in [0.717, 1.165) is 0 Å². The molecule has 108 valence electrons. The van der Waals surface area contributed by atoms with Crippen LogP contribution < -0.4 is 4.72 Å². The second kappa shape index (κ2) is 6.54. The average molecular weight is 371 g/mol. The summed E-state index contributed by atoms with van der Waals surface area (Å²) in [6.07, 6.45) is 1.02. The Balaban J connectivity index is 3.14. The zero-order valence-corrected chi connectivity index (χ0v) is 13.9. The van der Waals surface area contributed by atoms with Crippen molar-refractivity contribution in [1.82, 2.24) is 4.72 Å². The minimum absolute atomic E-state index is 0.114. The van der Waals surface area contributed by atoms with Crippen molar-refractivity contribution in [3.8, 4) is 0 Å². The summed E-state index contributed by atoms with van der Waals surface area (Å²) in [6, 6.07) is 4.39. The first kappa shape index (κ1) is 16.9. The van der Waals surface area contributed by atoms with E-state index in [1.165, 1.54) is 18.2 Å². The normalized spacial score (nSPS) is 12.7. The Morgan fingerprint density at radius 2 is 1.95 bits per heavy atom. The van der Waals surface area contributed by atoms with Crippen molar-refractivity contribution in [3.05, 3.63) is 27.7 Å². The summed E-state index contributed by atoms with van der Waals surface area (Å²) in [5.74, 6) is 0. The lowest BCUT2D eigenvalue weighted by molar-refractivity contribution is 0.172. The molecule has 0 heterocycles. The highest BCUT2D eigenvalue weighted by Crippen LogP contribution is 2.26. The van der Waals surface area contributed by atoms with Crippen molar-refractivity contribution in [2.45, 2.75) is 37.1 Å². The van der Waals surface area contributed by atoms with Gasteiger partial charge in [0, 0.05) is 4.47 Å². The van der Waals surface area contributed by atoms with Gasteiger partial charge in [-0.05, 0) is 47.0 Å². The van der Waals surface area contributed by atoms with Crippen LogP contribution in [-0.2, 0) is 10.0 Å². The predicted octanol–water partition coefficient (Wildman–Crippen LogP) is 2.93. The second-order valence-electron chi connectivity index (χ2n) is 4.33. The Bertz CT molecular complexity index is 536. The summed E-state index contributed by atoms with van der Waals surface area (Å²) < 4.78 is 27.7. The van der Waals surface area contributed by atoms with E-state index in [1.54, 1.807) is 0 Å². The Hall–Kier alpha value is -0.140. The molecule has 1 aromatic carbocycles. The van der Waals surface area contributed by atoms with Gasteiger partial charge in [0.15, 0.2) is 0 Å². The third-order valence-electron chi connectivity index (χ3n) is 3.21. The molecule has 0 atom stereocenters. The van der Waals surface area contributed by atoms with E-state index in [9.17, 15) is 13.5 Å². The highest BCUT2D eigenvalue weighted by atomic mass is 79.9. The molecule has 2 N–H and O–H groups in total. The van der Waals surface area contributed by atoms with E-state index in [4.69, 9.17) is 11.6 Å². The molecule has 0 spiro atoms. The quantitative estimate of drug-likeness (QED) is 0.809. The molecule has 0 aliphatic rings. The van der Waals surface area contributed by atoms with Gasteiger partial charge in [0.05, 0.1) is 22.1 Å². The summed E-state index contributed by atoms with van der Waals surface area (Å²) in [7, 11) is -3.69. The molecule has 0 aromatic heterocycles. The molecule has 0 saturated heterocycles. The Morgan fingerprint density at radius 1 is 1.37 bits per heavy atom. The fraction of sp³-hybridized carbons (Fsp3) is 0.500. The van der Waals surface area contributed by atoms with Gasteiger partial charge >= 0.3 is 0 Å². The average Bonchev–Trinajstić information content (AvgIpc) is 2.39. The summed E-state index contributed by atoms with van der Waals surface area (Å²) in [4.78, 5) is 0.114. The predicted molar refractivity (Wildman–Crippen MR) is 79.9 cm³/mol. The van der Waals surface area contributed by atoms with E-state index in [1.807, 2.05) is 13.8 Å². The van der Waals surface area contributed by atoms with Crippen LogP contribution in [0.3, 0.4) is 0 Å². The lowest BCUT2D eigenvalue weighted by atomic mass is 9.96. The molecule has 0 aliphatic heterocycles. The van der Waals surface area contributed by atoms with Crippen LogP contribution in [-0.4, -0.2) is 25.7 Å². The van der Waals surface area contributed by atoms with Crippen LogP contribution in [0, 0.1) is 0 Å². The fourth-order valence-corrected chi connectivity index (χ4v) is 3.85. The molecule has 0 amide bonds. The first-order valence-electron chi connectivity index (χ1n) is 5.90. The molecule has 4 nitrogen and oxygen atoms in total. The molecule has 0 radical (unpaired) electrons. The lowest BCUT2D eigenvalue weighted by Gasteiger charge is -2.30. The van der Waals surface area contributed by atoms with Crippen LogP contribution in [0.4, 0.5) is 0 Å². The number of nitrogens with one attached hydrogen (secondary N) is 1. The van der Waals surface area contributed by atoms with Crippen LogP contribution in [0.5, 0.6) is 0 Å². The molecular weight excluding hydrogens is 354 g/mol. The third-order valence-corrected chi connectivity index (χ3v) is 6.00. The standard InChI is InChI=1S/C12H17BrClNO3S/c1-3-12(4-2,8-16)15-19(17,18)9-5-6-11(14)10(13)7-9/h5-7,15-16H,3-4,8H2,1-2H3. The first-order valence-corrected chi connectivity index (χ1v) is 8.55. The largest absolute Gasteiger partial charge is 0.394 e. The zero-order chi connectivity index (χ0) is 14.7. The lowest BCUT2D eigenvalue weighted by Crippen LogP contribution is -2.50. The number of hydrogen-bond donors (Lipinski definition) is 2. The van der Waals surface area contributed by atoms with Gasteiger partial charge in [-0.3, -0.25) is 0 Å². The van der Waals surface area contributed by atoms with Crippen molar-refractivity contribution < 1.29 is 13.5 Å². The van der Waals surface area contributed by atoms with E-state index < -0.39 is 15.6 Å². The summed E-state index contributed by atoms with van der Waals surface area (Å²) in [6.45, 7) is 3.42. The van der Waals surface area contributed by atoms with Gasteiger partial charge in [-0.25, -0.2) is 13.1 Å². The summed E-state index contributed by atoms with van der Waals surface area (Å²) >= 11 is 9.04. The van der Waals surface area contributed by atoms with Gasteiger partial charge in [0.2, 0.25) is 10.0 Å². The van der Waals surface area contributed by atoms with Crippen molar-refractivity contribution in [2.24, 2.45) is 0 Å². The van der Waals surface area contributed by atoms with Crippen molar-refractivity contribution in [2.75, 3.05) is 6.61 Å². The van der Waals surface area contributed by atoms with Crippen LogP contribution >= 0.6 is 27.5 Å². The molecule has 0 unspecified atom stereocenters. The third kappa shape index (κ3) is 3.92. The van der Waals surface area contributed by atoms with Gasteiger partial charge in [-0.1, -0.05) is 25.4 Å². The molecule has 7 heteroatoms. The topological polar surface area (TPSA) is 66.4 Å². The minimum atomic E-state index is -3.69. The van der Waals surface area contributed by atoms with Gasteiger partial charge in [-0.2, -0.15) is 0 Å². The molecule has 1 aromatic rings. The van der Waals surface area contributed by atoms with E-state index >= 15 is 0 Å². The van der Waals surface area contributed by atoms with Crippen molar-refractivity contribution in [3.63, 3.8) is 0 Å². The Morgan fingerprint density at radius 3 is 2.37 bits per heavy atom. The molecule has 1 rings (SSSR count). The van der Waals surface area contributed by atoms with Gasteiger partial charge < -0.3 is 5.11 Å². The Kier molecular flexibility index (Phi) is 5.82. The van der Waals surface area contributed by atoms with Crippen LogP contribution in [0.1, 0.15) is 26.7 Å². The highest BCUT2D eigenvalue weighted by molar-refractivity contribution is 9.10. The molecular formula is C12H17BrClNO3S. The maximum absolute atomic E-state index is 12.3. The molecule has 19 heavy (non-hydrogen) atoms. The van der Waals surface area contributed by atoms with Crippen molar-refractivity contribution in [1.29, 1.82) is 0 Å². The van der Waals surface area contributed by atoms with E-state index in [2.05, 4.69) is 20.7 Å². The van der Waals surface area contributed by atoms with Crippen LogP contribution in [0.15, 0.2) is 27.6 Å². The first-order chi connectivity index (χ1) is 8.80. The highest BCUT2D eigenvalue weighted by Gasteiger charge is 2.31. The van der Waals surface area contributed by atoms with Crippen LogP contribution in [0.25, 0.3) is 0 Å². The van der Waals surface area contributed by atoms with Gasteiger partial charge in [-0.15, -0.1) is 0 Å². The summed E-state index contributed by atoms with van der Waals surface area (Å²) in [5, 5.41) is 9.87. The second-order valence-corrected chi connectivity index (χ2v) is 7.27. The monoisotopic (exact) mass is 369 g/mol. The number of hydrogen-bond acceptors (Lipinski definition) is 3. The molecule has 0 bridgehead atoms. The smallest absolute Gasteiger partial charge is 0.241 e. The van der Waals surface area contributed by atoms with E-state index in [0.29, 0.717) is 22.3 Å². The maximum atomic E-state index is 12.3. The number of aliphatic hydroxyl groups excluding tert-OH is 1. The Labute approximate surface area is 127 Å².